The minimum atomic E-state index is -3.59. The smallest absolute Gasteiger partial charge is 0.272 e. The third-order valence-corrected chi connectivity index (χ3v) is 9.39. The summed E-state index contributed by atoms with van der Waals surface area (Å²) in [7, 11) is -3.59. The number of carbonyl (C=O) groups is 1. The van der Waals surface area contributed by atoms with Gasteiger partial charge in [-0.15, -0.1) is 0 Å². The van der Waals surface area contributed by atoms with Crippen molar-refractivity contribution < 1.29 is 17.9 Å². The molecule has 1 N–H and O–H groups in total. The lowest BCUT2D eigenvalue weighted by Crippen LogP contribution is -2.56. The van der Waals surface area contributed by atoms with E-state index in [0.29, 0.717) is 55.7 Å². The van der Waals surface area contributed by atoms with Gasteiger partial charge in [-0.25, -0.2) is 13.4 Å². The van der Waals surface area contributed by atoms with Crippen molar-refractivity contribution in [3.63, 3.8) is 0 Å². The van der Waals surface area contributed by atoms with Gasteiger partial charge in [0.1, 0.15) is 4.90 Å². The summed E-state index contributed by atoms with van der Waals surface area (Å²) in [6.45, 7) is 8.63. The van der Waals surface area contributed by atoms with Crippen molar-refractivity contribution in [2.75, 3.05) is 23.3 Å². The molecule has 0 bridgehead atoms. The van der Waals surface area contributed by atoms with Gasteiger partial charge in [0, 0.05) is 37.9 Å². The number of carbonyl (C=O) groups excluding carboxylic acids is 1. The van der Waals surface area contributed by atoms with E-state index in [1.54, 1.807) is 37.8 Å². The molecule has 4 heterocycles. The number of rotatable bonds is 6. The van der Waals surface area contributed by atoms with Crippen LogP contribution in [0.5, 0.6) is 5.75 Å². The molecule has 5 rings (SSSR count). The highest BCUT2D eigenvalue weighted by molar-refractivity contribution is 7.89. The van der Waals surface area contributed by atoms with E-state index in [9.17, 15) is 13.2 Å². The Morgan fingerprint density at radius 3 is 2.50 bits per heavy atom. The molecule has 0 aromatic carbocycles. The van der Waals surface area contributed by atoms with Crippen molar-refractivity contribution in [2.45, 2.75) is 95.3 Å². The Bertz CT molecular complexity index is 1250. The second-order valence-corrected chi connectivity index (χ2v) is 12.3. The molecule has 1 amide bonds. The van der Waals surface area contributed by atoms with Gasteiger partial charge in [-0.3, -0.25) is 14.4 Å². The standard InChI is InChI=1S/C24H35N7O4S/c1-5-29-15-20(16(2)28-29)36(33,34)30-12-10-17(11-13-30)26-23-25-14-19-21(27-23)31(18-8-6-7-9-18)22(32)24(3,4)35-19/h14-15,17-18H,5-13H2,1-4H3,(H,25,26,27). The number of fused-ring (bicyclic) bond motifs is 1. The van der Waals surface area contributed by atoms with E-state index in [4.69, 9.17) is 9.72 Å². The number of sulfonamides is 1. The SMILES string of the molecule is CCn1cc(S(=O)(=O)N2CCC(Nc3ncc4c(n3)N(C3CCCC3)C(=O)C(C)(C)O4)CC2)c(C)n1. The van der Waals surface area contributed by atoms with E-state index in [1.165, 1.54) is 4.31 Å². The molecule has 0 atom stereocenters. The normalized spacial score (nSPS) is 21.4. The Morgan fingerprint density at radius 2 is 1.86 bits per heavy atom. The van der Waals surface area contributed by atoms with Crippen LogP contribution in [-0.2, 0) is 21.4 Å². The average molecular weight is 518 g/mol. The van der Waals surface area contributed by atoms with Gasteiger partial charge in [0.25, 0.3) is 5.91 Å². The van der Waals surface area contributed by atoms with Gasteiger partial charge in [-0.2, -0.15) is 14.4 Å². The van der Waals surface area contributed by atoms with Crippen LogP contribution in [-0.4, -0.2) is 69.2 Å². The van der Waals surface area contributed by atoms with E-state index in [0.717, 1.165) is 25.7 Å². The second-order valence-electron chi connectivity index (χ2n) is 10.4. The van der Waals surface area contributed by atoms with Crippen molar-refractivity contribution >= 4 is 27.7 Å². The Balaban J connectivity index is 1.29. The Hall–Kier alpha value is -2.73. The molecule has 0 radical (unpaired) electrons. The zero-order valence-electron chi connectivity index (χ0n) is 21.4. The fourth-order valence-electron chi connectivity index (χ4n) is 5.36. The van der Waals surface area contributed by atoms with Gasteiger partial charge < -0.3 is 10.1 Å². The molecule has 1 saturated carbocycles. The molecule has 11 nitrogen and oxygen atoms in total. The third kappa shape index (κ3) is 4.45. The zero-order valence-corrected chi connectivity index (χ0v) is 22.2. The number of hydrogen-bond acceptors (Lipinski definition) is 8. The van der Waals surface area contributed by atoms with Crippen molar-refractivity contribution in [3.05, 3.63) is 18.1 Å². The van der Waals surface area contributed by atoms with E-state index in [-0.39, 0.29) is 22.9 Å². The minimum absolute atomic E-state index is 0.0190. The molecule has 0 spiro atoms. The molecule has 0 unspecified atom stereocenters. The number of hydrogen-bond donors (Lipinski definition) is 1. The number of nitrogens with one attached hydrogen (secondary N) is 1. The fraction of sp³-hybridized carbons (Fsp3) is 0.667. The van der Waals surface area contributed by atoms with Crippen molar-refractivity contribution in [3.8, 4) is 5.75 Å². The second kappa shape index (κ2) is 9.29. The molecule has 1 aliphatic carbocycles. The molecule has 3 aliphatic rings. The number of amides is 1. The molecule has 12 heteroatoms. The maximum absolute atomic E-state index is 13.2. The van der Waals surface area contributed by atoms with Gasteiger partial charge in [0.15, 0.2) is 17.2 Å². The summed E-state index contributed by atoms with van der Waals surface area (Å²) in [5.74, 6) is 1.38. The van der Waals surface area contributed by atoms with E-state index in [1.807, 2.05) is 11.8 Å². The van der Waals surface area contributed by atoms with Crippen LogP contribution in [0.4, 0.5) is 11.8 Å². The monoisotopic (exact) mass is 517 g/mol. The summed E-state index contributed by atoms with van der Waals surface area (Å²) in [6, 6.07) is 0.140. The van der Waals surface area contributed by atoms with Crippen LogP contribution in [0.3, 0.4) is 0 Å². The van der Waals surface area contributed by atoms with Crippen LogP contribution in [0.25, 0.3) is 0 Å². The molecule has 1 saturated heterocycles. The topological polar surface area (TPSA) is 123 Å². The molecule has 2 aromatic rings. The lowest BCUT2D eigenvalue weighted by molar-refractivity contribution is -0.133. The van der Waals surface area contributed by atoms with Crippen LogP contribution >= 0.6 is 0 Å². The van der Waals surface area contributed by atoms with Crippen LogP contribution in [0.15, 0.2) is 17.3 Å². The summed E-state index contributed by atoms with van der Waals surface area (Å²) in [6.07, 6.45) is 8.59. The number of nitrogens with zero attached hydrogens (tertiary/aromatic N) is 6. The first-order chi connectivity index (χ1) is 17.1. The number of anilines is 2. The predicted molar refractivity (Wildman–Crippen MR) is 135 cm³/mol. The molecule has 2 aromatic heterocycles. The molecule has 196 valence electrons. The lowest BCUT2D eigenvalue weighted by atomic mass is 10.0. The van der Waals surface area contributed by atoms with Crippen LogP contribution in [0.2, 0.25) is 0 Å². The highest BCUT2D eigenvalue weighted by atomic mass is 32.2. The van der Waals surface area contributed by atoms with Gasteiger partial charge in [0.05, 0.1) is 11.9 Å². The van der Waals surface area contributed by atoms with E-state index in [2.05, 4.69) is 15.4 Å². The summed E-state index contributed by atoms with van der Waals surface area (Å²) >= 11 is 0. The van der Waals surface area contributed by atoms with Crippen molar-refractivity contribution in [2.24, 2.45) is 0 Å². The van der Waals surface area contributed by atoms with Gasteiger partial charge in [-0.05, 0) is 53.4 Å². The maximum Gasteiger partial charge on any atom is 0.272 e. The third-order valence-electron chi connectivity index (χ3n) is 7.38. The molecular weight excluding hydrogens is 482 g/mol. The largest absolute Gasteiger partial charge is 0.472 e. The lowest BCUT2D eigenvalue weighted by Gasteiger charge is -2.40. The summed E-state index contributed by atoms with van der Waals surface area (Å²) < 4.78 is 35.5. The Kier molecular flexibility index (Phi) is 6.44. The van der Waals surface area contributed by atoms with E-state index >= 15 is 0 Å². The van der Waals surface area contributed by atoms with Crippen LogP contribution in [0, 0.1) is 6.92 Å². The first-order valence-corrected chi connectivity index (χ1v) is 14.2. The number of aromatic nitrogens is 4. The first-order valence-electron chi connectivity index (χ1n) is 12.8. The number of ether oxygens (including phenoxy) is 1. The quantitative estimate of drug-likeness (QED) is 0.621. The van der Waals surface area contributed by atoms with Gasteiger partial charge in [0.2, 0.25) is 16.0 Å². The van der Waals surface area contributed by atoms with Gasteiger partial charge >= 0.3 is 0 Å². The maximum atomic E-state index is 13.2. The van der Waals surface area contributed by atoms with Gasteiger partial charge in [-0.1, -0.05) is 12.8 Å². The highest BCUT2D eigenvalue weighted by Gasteiger charge is 2.45. The summed E-state index contributed by atoms with van der Waals surface area (Å²) in [5, 5.41) is 7.65. The number of aryl methyl sites for hydroxylation is 2. The summed E-state index contributed by atoms with van der Waals surface area (Å²) in [4.78, 5) is 24.5. The summed E-state index contributed by atoms with van der Waals surface area (Å²) in [5.41, 5.74) is -0.440. The molecule has 2 fully saturated rings. The van der Waals surface area contributed by atoms with E-state index < -0.39 is 15.6 Å². The Labute approximate surface area is 212 Å². The average Bonchev–Trinajstić information content (AvgIpc) is 3.50. The van der Waals surface area contributed by atoms with Crippen LogP contribution < -0.4 is 15.0 Å². The molecular formula is C24H35N7O4S. The molecule has 36 heavy (non-hydrogen) atoms. The Morgan fingerprint density at radius 1 is 1.17 bits per heavy atom. The zero-order chi connectivity index (χ0) is 25.7. The first kappa shape index (κ1) is 24.9. The fourth-order valence-corrected chi connectivity index (χ4v) is 7.00. The molecule has 2 aliphatic heterocycles. The predicted octanol–water partition coefficient (Wildman–Crippen LogP) is 2.71. The van der Waals surface area contributed by atoms with Crippen LogP contribution in [0.1, 0.15) is 65.0 Å². The highest BCUT2D eigenvalue weighted by Crippen LogP contribution is 2.40. The number of piperidine rings is 1. The van der Waals surface area contributed by atoms with Crippen molar-refractivity contribution in [1.29, 1.82) is 0 Å². The van der Waals surface area contributed by atoms with Crippen molar-refractivity contribution in [1.82, 2.24) is 24.1 Å². The minimum Gasteiger partial charge on any atom is -0.472 e.